The van der Waals surface area contributed by atoms with Crippen molar-refractivity contribution < 1.29 is 4.79 Å². The predicted octanol–water partition coefficient (Wildman–Crippen LogP) is 6.91. The van der Waals surface area contributed by atoms with Gasteiger partial charge in [0.15, 0.2) is 0 Å². The molecule has 0 radical (unpaired) electrons. The number of carbonyl (C=O) groups excluding carboxylic acids is 1. The topological polar surface area (TPSA) is 32.3 Å². The summed E-state index contributed by atoms with van der Waals surface area (Å²) in [5.74, 6) is -0.0775. The van der Waals surface area contributed by atoms with Gasteiger partial charge in [0.1, 0.15) is 0 Å². The average molecular weight is 502 g/mol. The Morgan fingerprint density at radius 2 is 1.24 bits per heavy atom. The monoisotopic (exact) mass is 500 g/mol. The molecule has 1 atom stereocenters. The second-order valence-electron chi connectivity index (χ2n) is 8.72. The van der Waals surface area contributed by atoms with Gasteiger partial charge in [-0.25, -0.2) is 0 Å². The van der Waals surface area contributed by atoms with Crippen molar-refractivity contribution in [3.8, 4) is 0 Å². The van der Waals surface area contributed by atoms with Gasteiger partial charge in [-0.2, -0.15) is 0 Å². The van der Waals surface area contributed by atoms with Gasteiger partial charge >= 0.3 is 0 Å². The molecule has 3 nitrogen and oxygen atoms in total. The molecule has 1 amide bonds. The van der Waals surface area contributed by atoms with E-state index in [0.717, 1.165) is 36.3 Å². The first-order valence-electron chi connectivity index (χ1n) is 11.2. The van der Waals surface area contributed by atoms with E-state index in [9.17, 15) is 4.79 Å². The minimum absolute atomic E-state index is 0.0775. The van der Waals surface area contributed by atoms with Crippen molar-refractivity contribution in [2.75, 3.05) is 19.6 Å². The fourth-order valence-corrected chi connectivity index (χ4v) is 4.83. The van der Waals surface area contributed by atoms with Crippen LogP contribution in [0, 0.1) is 0 Å². The second kappa shape index (κ2) is 10.5. The molecule has 1 N–H and O–H groups in total. The van der Waals surface area contributed by atoms with Gasteiger partial charge in [0.2, 0.25) is 5.91 Å². The standard InChI is InChI=1S/C27H27Cl3N2O/c1-27(20-6-12-23(29)13-7-20,21-8-14-24(30)15-9-21)26(33)31-25(18-32-16-2-3-17-32)19-4-10-22(28)11-5-19/h4-15,25H,2-3,16-18H2,1H3,(H,31,33)/t25-/m1/s1. The zero-order chi connectivity index (χ0) is 23.4. The van der Waals surface area contributed by atoms with Crippen LogP contribution in [0.4, 0.5) is 0 Å². The Bertz CT molecular complexity index is 1030. The second-order valence-corrected chi connectivity index (χ2v) is 10.0. The summed E-state index contributed by atoms with van der Waals surface area (Å²) in [7, 11) is 0. The molecule has 1 fully saturated rings. The molecular formula is C27H27Cl3N2O. The average Bonchev–Trinajstić information content (AvgIpc) is 3.33. The smallest absolute Gasteiger partial charge is 0.235 e. The third-order valence-electron chi connectivity index (χ3n) is 6.51. The van der Waals surface area contributed by atoms with E-state index in [0.29, 0.717) is 15.1 Å². The Morgan fingerprint density at radius 1 is 0.818 bits per heavy atom. The summed E-state index contributed by atoms with van der Waals surface area (Å²) in [6.45, 7) is 4.80. The summed E-state index contributed by atoms with van der Waals surface area (Å²) < 4.78 is 0. The van der Waals surface area contributed by atoms with Crippen LogP contribution in [0.25, 0.3) is 0 Å². The van der Waals surface area contributed by atoms with E-state index in [-0.39, 0.29) is 11.9 Å². The Balaban J connectivity index is 1.70. The van der Waals surface area contributed by atoms with E-state index < -0.39 is 5.41 Å². The van der Waals surface area contributed by atoms with Crippen molar-refractivity contribution >= 4 is 40.7 Å². The zero-order valence-electron chi connectivity index (χ0n) is 18.5. The largest absolute Gasteiger partial charge is 0.347 e. The molecule has 0 saturated carbocycles. The van der Waals surface area contributed by atoms with Crippen LogP contribution < -0.4 is 5.32 Å². The van der Waals surface area contributed by atoms with Gasteiger partial charge in [-0.15, -0.1) is 0 Å². The molecule has 4 rings (SSSR count). The summed E-state index contributed by atoms with van der Waals surface area (Å²) in [5.41, 5.74) is 1.84. The summed E-state index contributed by atoms with van der Waals surface area (Å²) >= 11 is 18.4. The van der Waals surface area contributed by atoms with Crippen molar-refractivity contribution in [1.82, 2.24) is 10.2 Å². The first kappa shape index (κ1) is 24.1. The highest BCUT2D eigenvalue weighted by molar-refractivity contribution is 6.31. The Morgan fingerprint density at radius 3 is 1.70 bits per heavy atom. The Labute approximate surface area is 210 Å². The summed E-state index contributed by atoms with van der Waals surface area (Å²) in [6.07, 6.45) is 2.38. The molecular weight excluding hydrogens is 475 g/mol. The van der Waals surface area contributed by atoms with Crippen LogP contribution in [0.15, 0.2) is 72.8 Å². The maximum absolute atomic E-state index is 14.0. The van der Waals surface area contributed by atoms with Crippen LogP contribution in [0.2, 0.25) is 15.1 Å². The molecule has 1 aliphatic heterocycles. The highest BCUT2D eigenvalue weighted by Gasteiger charge is 2.38. The lowest BCUT2D eigenvalue weighted by Crippen LogP contribution is -2.47. The summed E-state index contributed by atoms with van der Waals surface area (Å²) in [6, 6.07) is 22.5. The normalized spacial score (nSPS) is 15.4. The number of hydrogen-bond acceptors (Lipinski definition) is 2. The number of hydrogen-bond donors (Lipinski definition) is 1. The van der Waals surface area contributed by atoms with Crippen molar-refractivity contribution in [3.63, 3.8) is 0 Å². The number of rotatable bonds is 7. The van der Waals surface area contributed by atoms with Crippen LogP contribution in [0.1, 0.15) is 42.5 Å². The molecule has 3 aromatic rings. The van der Waals surface area contributed by atoms with Crippen molar-refractivity contribution in [2.45, 2.75) is 31.2 Å². The molecule has 33 heavy (non-hydrogen) atoms. The lowest BCUT2D eigenvalue weighted by molar-refractivity contribution is -0.125. The van der Waals surface area contributed by atoms with E-state index in [1.165, 1.54) is 12.8 Å². The van der Waals surface area contributed by atoms with Crippen molar-refractivity contribution in [2.24, 2.45) is 0 Å². The minimum atomic E-state index is -0.926. The van der Waals surface area contributed by atoms with Gasteiger partial charge in [0.25, 0.3) is 0 Å². The SMILES string of the molecule is CC(C(=O)N[C@H](CN1CCCC1)c1ccc(Cl)cc1)(c1ccc(Cl)cc1)c1ccc(Cl)cc1. The molecule has 0 bridgehead atoms. The molecule has 0 unspecified atom stereocenters. The molecule has 6 heteroatoms. The molecule has 1 saturated heterocycles. The summed E-state index contributed by atoms with van der Waals surface area (Å²) in [4.78, 5) is 16.4. The van der Waals surface area contributed by atoms with Crippen LogP contribution in [-0.4, -0.2) is 30.4 Å². The van der Waals surface area contributed by atoms with Gasteiger partial charge < -0.3 is 10.2 Å². The molecule has 0 aromatic heterocycles. The molecule has 1 aliphatic rings. The highest BCUT2D eigenvalue weighted by Crippen LogP contribution is 2.35. The number of likely N-dealkylation sites (tertiary alicyclic amines) is 1. The fourth-order valence-electron chi connectivity index (χ4n) is 4.45. The quantitative estimate of drug-likeness (QED) is 0.382. The number of benzene rings is 3. The van der Waals surface area contributed by atoms with Gasteiger partial charge in [0, 0.05) is 21.6 Å². The third-order valence-corrected chi connectivity index (χ3v) is 7.27. The fraction of sp³-hybridized carbons (Fsp3) is 0.296. The highest BCUT2D eigenvalue weighted by atomic mass is 35.5. The molecule has 0 aliphatic carbocycles. The van der Waals surface area contributed by atoms with Crippen molar-refractivity contribution in [3.05, 3.63) is 105 Å². The van der Waals surface area contributed by atoms with E-state index >= 15 is 0 Å². The lowest BCUT2D eigenvalue weighted by atomic mass is 9.75. The number of nitrogens with one attached hydrogen (secondary N) is 1. The number of amides is 1. The van der Waals surface area contributed by atoms with Crippen LogP contribution in [0.5, 0.6) is 0 Å². The maximum atomic E-state index is 14.0. The number of halogens is 3. The molecule has 172 valence electrons. The maximum Gasteiger partial charge on any atom is 0.235 e. The zero-order valence-corrected chi connectivity index (χ0v) is 20.8. The van der Waals surface area contributed by atoms with E-state index in [4.69, 9.17) is 34.8 Å². The minimum Gasteiger partial charge on any atom is -0.347 e. The molecule has 0 spiro atoms. The first-order chi connectivity index (χ1) is 15.9. The lowest BCUT2D eigenvalue weighted by Gasteiger charge is -2.33. The Hall–Kier alpha value is -2.04. The van der Waals surface area contributed by atoms with Gasteiger partial charge in [0.05, 0.1) is 11.5 Å². The van der Waals surface area contributed by atoms with Crippen molar-refractivity contribution in [1.29, 1.82) is 0 Å². The summed E-state index contributed by atoms with van der Waals surface area (Å²) in [5, 5.41) is 5.30. The number of carbonyl (C=O) groups is 1. The Kier molecular flexibility index (Phi) is 7.65. The predicted molar refractivity (Wildman–Crippen MR) is 137 cm³/mol. The number of nitrogens with zero attached hydrogens (tertiary/aromatic N) is 1. The molecule has 3 aromatic carbocycles. The molecule has 1 heterocycles. The van der Waals surface area contributed by atoms with Gasteiger partial charge in [-0.3, -0.25) is 4.79 Å². The van der Waals surface area contributed by atoms with Gasteiger partial charge in [-0.05, 0) is 85.9 Å². The first-order valence-corrected chi connectivity index (χ1v) is 12.3. The third kappa shape index (κ3) is 5.55. The van der Waals surface area contributed by atoms with E-state index in [1.807, 2.05) is 79.7 Å². The van der Waals surface area contributed by atoms with Crippen LogP contribution in [-0.2, 0) is 10.2 Å². The van der Waals surface area contributed by atoms with Crippen LogP contribution >= 0.6 is 34.8 Å². The van der Waals surface area contributed by atoms with E-state index in [2.05, 4.69) is 10.2 Å². The van der Waals surface area contributed by atoms with Gasteiger partial charge in [-0.1, -0.05) is 71.2 Å². The van der Waals surface area contributed by atoms with E-state index in [1.54, 1.807) is 0 Å². The van der Waals surface area contributed by atoms with Crippen LogP contribution in [0.3, 0.4) is 0 Å².